The van der Waals surface area contributed by atoms with E-state index in [1.54, 1.807) is 11.1 Å². The minimum atomic E-state index is 0.721. The Morgan fingerprint density at radius 1 is 0.621 bits per heavy atom. The van der Waals surface area contributed by atoms with E-state index in [2.05, 4.69) is 38.1 Å². The maximum atomic E-state index is 5.79. The number of unbranched alkanes of at least 4 members (excludes halogenated alkanes) is 2. The van der Waals surface area contributed by atoms with Gasteiger partial charge in [-0.15, -0.1) is 34.0 Å². The van der Waals surface area contributed by atoms with Crippen molar-refractivity contribution in [3.8, 4) is 19.5 Å². The van der Waals surface area contributed by atoms with Crippen LogP contribution in [0.1, 0.15) is 60.4 Å². The Morgan fingerprint density at radius 3 is 1.45 bits per heavy atom. The summed E-state index contributed by atoms with van der Waals surface area (Å²) < 4.78 is 0. The molecule has 29 heavy (non-hydrogen) atoms. The highest BCUT2D eigenvalue weighted by Crippen LogP contribution is 2.47. The highest BCUT2D eigenvalue weighted by Gasteiger charge is 2.21. The zero-order valence-corrected chi connectivity index (χ0v) is 20.2. The minimum absolute atomic E-state index is 0.721. The molecular formula is C24H34N2S3. The molecule has 0 aliphatic carbocycles. The molecule has 5 heteroatoms. The van der Waals surface area contributed by atoms with Gasteiger partial charge in [-0.1, -0.05) is 26.7 Å². The van der Waals surface area contributed by atoms with Gasteiger partial charge in [0, 0.05) is 29.3 Å². The largest absolute Gasteiger partial charge is 0.330 e. The average molecular weight is 447 g/mol. The monoisotopic (exact) mass is 446 g/mol. The number of rotatable bonds is 12. The maximum absolute atomic E-state index is 5.79. The minimum Gasteiger partial charge on any atom is -0.330 e. The van der Waals surface area contributed by atoms with Crippen LogP contribution in [0.4, 0.5) is 0 Å². The van der Waals surface area contributed by atoms with Crippen molar-refractivity contribution in [3.05, 3.63) is 45.1 Å². The number of hydrogen-bond acceptors (Lipinski definition) is 5. The molecule has 2 nitrogen and oxygen atoms in total. The highest BCUT2D eigenvalue weighted by atomic mass is 32.1. The number of hydrogen-bond donors (Lipinski definition) is 2. The summed E-state index contributed by atoms with van der Waals surface area (Å²) in [6, 6.07) is 9.18. The van der Waals surface area contributed by atoms with E-state index < -0.39 is 0 Å². The third kappa shape index (κ3) is 5.59. The van der Waals surface area contributed by atoms with Crippen molar-refractivity contribution in [2.45, 2.75) is 65.2 Å². The fourth-order valence-electron chi connectivity index (χ4n) is 3.69. The van der Waals surface area contributed by atoms with Crippen LogP contribution in [0.25, 0.3) is 19.5 Å². The summed E-state index contributed by atoms with van der Waals surface area (Å²) in [4.78, 5) is 8.65. The number of nitrogens with two attached hydrogens (primary N) is 2. The summed E-state index contributed by atoms with van der Waals surface area (Å²) in [5.41, 5.74) is 14.8. The van der Waals surface area contributed by atoms with E-state index in [9.17, 15) is 0 Å². The van der Waals surface area contributed by atoms with Gasteiger partial charge in [-0.25, -0.2) is 0 Å². The summed E-state index contributed by atoms with van der Waals surface area (Å²) in [6.07, 6.45) is 9.31. The molecule has 3 rings (SSSR count). The molecule has 0 spiro atoms. The van der Waals surface area contributed by atoms with Crippen LogP contribution in [0.5, 0.6) is 0 Å². The molecule has 0 aromatic carbocycles. The van der Waals surface area contributed by atoms with Gasteiger partial charge in [0.15, 0.2) is 0 Å². The van der Waals surface area contributed by atoms with Gasteiger partial charge in [0.25, 0.3) is 0 Å². The standard InChI is InChI=1S/C24H34N2S3/c1-3-5-7-19-20(8-6-4-2)24(22-12-10-18(28-22)14-16-26)29-23(19)21-11-9-17(27-21)13-15-25/h9-12H,3-8,13-16,25-26H2,1-2H3. The molecule has 0 atom stereocenters. The van der Waals surface area contributed by atoms with Crippen molar-refractivity contribution in [3.63, 3.8) is 0 Å². The second-order valence-electron chi connectivity index (χ2n) is 7.53. The summed E-state index contributed by atoms with van der Waals surface area (Å²) in [6.45, 7) is 6.03. The summed E-state index contributed by atoms with van der Waals surface area (Å²) in [5.74, 6) is 0. The van der Waals surface area contributed by atoms with E-state index in [0.29, 0.717) is 0 Å². The second-order valence-corrected chi connectivity index (χ2v) is 10.9. The average Bonchev–Trinajstić information content (AvgIpc) is 3.44. The molecule has 3 aromatic heterocycles. The van der Waals surface area contributed by atoms with Gasteiger partial charge in [0.05, 0.1) is 0 Å². The van der Waals surface area contributed by atoms with Crippen LogP contribution in [0.2, 0.25) is 0 Å². The lowest BCUT2D eigenvalue weighted by Gasteiger charge is -2.08. The third-order valence-electron chi connectivity index (χ3n) is 5.23. The SMILES string of the molecule is CCCCc1c(-c2ccc(CCN)s2)sc(-c2ccc(CCN)s2)c1CCCC. The summed E-state index contributed by atoms with van der Waals surface area (Å²) >= 11 is 5.87. The molecule has 0 aliphatic rings. The maximum Gasteiger partial charge on any atom is 0.0484 e. The van der Waals surface area contributed by atoms with Crippen LogP contribution in [0, 0.1) is 0 Å². The predicted octanol–water partition coefficient (Wildman–Crippen LogP) is 6.89. The van der Waals surface area contributed by atoms with E-state index in [1.165, 1.54) is 67.8 Å². The van der Waals surface area contributed by atoms with Crippen molar-refractivity contribution in [2.24, 2.45) is 11.5 Å². The molecule has 0 unspecified atom stereocenters. The highest BCUT2D eigenvalue weighted by molar-refractivity contribution is 7.26. The first-order valence-corrected chi connectivity index (χ1v) is 13.4. The lowest BCUT2D eigenvalue weighted by Crippen LogP contribution is -2.00. The molecule has 158 valence electrons. The van der Waals surface area contributed by atoms with Crippen LogP contribution >= 0.6 is 34.0 Å². The van der Waals surface area contributed by atoms with Gasteiger partial charge in [-0.3, -0.25) is 0 Å². The van der Waals surface area contributed by atoms with Gasteiger partial charge in [0.1, 0.15) is 0 Å². The van der Waals surface area contributed by atoms with Crippen LogP contribution in [-0.2, 0) is 25.7 Å². The molecule has 0 saturated heterocycles. The van der Waals surface area contributed by atoms with Crippen molar-refractivity contribution in [1.82, 2.24) is 0 Å². The topological polar surface area (TPSA) is 52.0 Å². The predicted molar refractivity (Wildman–Crippen MR) is 134 cm³/mol. The molecule has 3 aromatic rings. The fraction of sp³-hybridized carbons (Fsp3) is 0.500. The van der Waals surface area contributed by atoms with Crippen LogP contribution < -0.4 is 11.5 Å². The first kappa shape index (κ1) is 22.7. The van der Waals surface area contributed by atoms with Crippen molar-refractivity contribution in [1.29, 1.82) is 0 Å². The molecule has 4 N–H and O–H groups in total. The lowest BCUT2D eigenvalue weighted by molar-refractivity contribution is 0.764. The summed E-state index contributed by atoms with van der Waals surface area (Å²) in [7, 11) is 0. The van der Waals surface area contributed by atoms with Crippen LogP contribution in [0.15, 0.2) is 24.3 Å². The summed E-state index contributed by atoms with van der Waals surface area (Å²) in [5, 5.41) is 0. The van der Waals surface area contributed by atoms with Gasteiger partial charge in [-0.05, 0) is 87.0 Å². The smallest absolute Gasteiger partial charge is 0.0484 e. The first-order valence-electron chi connectivity index (χ1n) is 10.9. The second kappa shape index (κ2) is 11.4. The molecule has 0 amide bonds. The molecular weight excluding hydrogens is 412 g/mol. The van der Waals surface area contributed by atoms with Crippen molar-refractivity contribution >= 4 is 34.0 Å². The Hall–Kier alpha value is -0.980. The molecule has 0 radical (unpaired) electrons. The normalized spacial score (nSPS) is 11.4. The quantitative estimate of drug-likeness (QED) is 0.318. The Kier molecular flexibility index (Phi) is 8.94. The molecule has 0 fully saturated rings. The molecule has 0 aliphatic heterocycles. The van der Waals surface area contributed by atoms with E-state index in [1.807, 2.05) is 34.0 Å². The Labute approximate surface area is 188 Å². The molecule has 0 saturated carbocycles. The van der Waals surface area contributed by atoms with E-state index in [-0.39, 0.29) is 0 Å². The van der Waals surface area contributed by atoms with Crippen LogP contribution in [-0.4, -0.2) is 13.1 Å². The van der Waals surface area contributed by atoms with E-state index in [4.69, 9.17) is 11.5 Å². The van der Waals surface area contributed by atoms with Gasteiger partial charge >= 0.3 is 0 Å². The zero-order chi connectivity index (χ0) is 20.6. The lowest BCUT2D eigenvalue weighted by atomic mass is 9.97. The third-order valence-corrected chi connectivity index (χ3v) is 9.15. The Balaban J connectivity index is 2.08. The van der Waals surface area contributed by atoms with Crippen molar-refractivity contribution < 1.29 is 0 Å². The fourth-order valence-corrected chi connectivity index (χ4v) is 7.41. The van der Waals surface area contributed by atoms with Gasteiger partial charge < -0.3 is 11.5 Å². The molecule has 0 bridgehead atoms. The van der Waals surface area contributed by atoms with E-state index >= 15 is 0 Å². The Morgan fingerprint density at radius 2 is 1.07 bits per heavy atom. The number of thiophene rings is 3. The van der Waals surface area contributed by atoms with Crippen LogP contribution in [0.3, 0.4) is 0 Å². The van der Waals surface area contributed by atoms with Gasteiger partial charge in [0.2, 0.25) is 0 Å². The first-order chi connectivity index (χ1) is 14.2. The zero-order valence-electron chi connectivity index (χ0n) is 17.8. The van der Waals surface area contributed by atoms with Crippen molar-refractivity contribution in [2.75, 3.05) is 13.1 Å². The van der Waals surface area contributed by atoms with Gasteiger partial charge in [-0.2, -0.15) is 0 Å². The molecule has 3 heterocycles. The Bertz CT molecular complexity index is 817. The van der Waals surface area contributed by atoms with E-state index in [0.717, 1.165) is 25.9 Å².